The number of carbonyl (C=O) groups excluding carboxylic acids is 2. The highest BCUT2D eigenvalue weighted by atomic mass is 35.5. The van der Waals surface area contributed by atoms with Gasteiger partial charge in [-0.2, -0.15) is 0 Å². The van der Waals surface area contributed by atoms with E-state index < -0.39 is 11.8 Å². The monoisotopic (exact) mass is 284 g/mol. The molecule has 0 aromatic heterocycles. The van der Waals surface area contributed by atoms with Crippen LogP contribution >= 0.6 is 11.6 Å². The predicted octanol–water partition coefficient (Wildman–Crippen LogP) is 1.43. The zero-order chi connectivity index (χ0) is 14.4. The maximum Gasteiger partial charge on any atom is 0.313 e. The van der Waals surface area contributed by atoms with Gasteiger partial charge in [0.05, 0.1) is 6.61 Å². The smallest absolute Gasteiger partial charge is 0.313 e. The van der Waals surface area contributed by atoms with Crippen LogP contribution in [-0.2, 0) is 9.59 Å². The number of halogens is 1. The van der Waals surface area contributed by atoms with Gasteiger partial charge < -0.3 is 15.3 Å². The molecule has 6 heteroatoms. The summed E-state index contributed by atoms with van der Waals surface area (Å²) in [6.45, 7) is 3.91. The van der Waals surface area contributed by atoms with Crippen LogP contribution in [0.15, 0.2) is 18.2 Å². The molecule has 0 saturated heterocycles. The first kappa shape index (κ1) is 15.5. The number of hydrogen-bond acceptors (Lipinski definition) is 3. The lowest BCUT2D eigenvalue weighted by Crippen LogP contribution is -2.41. The van der Waals surface area contributed by atoms with Crippen LogP contribution in [0.25, 0.3) is 0 Å². The van der Waals surface area contributed by atoms with Gasteiger partial charge in [0.2, 0.25) is 0 Å². The van der Waals surface area contributed by atoms with E-state index in [1.165, 1.54) is 4.90 Å². The standard InChI is InChI=1S/C13H17ClN2O3/c1-3-16(6-7-17)13(19)12(18)15-10-5-4-9(2)11(14)8-10/h4-5,8,17H,3,6-7H2,1-2H3,(H,15,18). The summed E-state index contributed by atoms with van der Waals surface area (Å²) in [5.74, 6) is -1.41. The van der Waals surface area contributed by atoms with Gasteiger partial charge in [-0.3, -0.25) is 9.59 Å². The molecule has 5 nitrogen and oxygen atoms in total. The number of aliphatic hydroxyl groups excluding tert-OH is 1. The summed E-state index contributed by atoms with van der Waals surface area (Å²) in [7, 11) is 0. The van der Waals surface area contributed by atoms with E-state index in [1.807, 2.05) is 6.92 Å². The second-order valence-electron chi connectivity index (χ2n) is 4.03. The molecular weight excluding hydrogens is 268 g/mol. The number of benzene rings is 1. The van der Waals surface area contributed by atoms with Crippen molar-refractivity contribution in [1.29, 1.82) is 0 Å². The van der Waals surface area contributed by atoms with E-state index >= 15 is 0 Å². The van der Waals surface area contributed by atoms with Crippen molar-refractivity contribution in [3.8, 4) is 0 Å². The zero-order valence-corrected chi connectivity index (χ0v) is 11.7. The molecule has 1 rings (SSSR count). The van der Waals surface area contributed by atoms with Gasteiger partial charge in [0.15, 0.2) is 0 Å². The molecule has 0 saturated carbocycles. The highest BCUT2D eigenvalue weighted by molar-refractivity contribution is 6.39. The third-order valence-electron chi connectivity index (χ3n) is 2.66. The maximum atomic E-state index is 11.8. The Balaban J connectivity index is 2.73. The van der Waals surface area contributed by atoms with Crippen molar-refractivity contribution in [2.45, 2.75) is 13.8 Å². The van der Waals surface area contributed by atoms with Crippen LogP contribution in [0.2, 0.25) is 5.02 Å². The van der Waals surface area contributed by atoms with Crippen molar-refractivity contribution >= 4 is 29.1 Å². The highest BCUT2D eigenvalue weighted by Gasteiger charge is 2.20. The molecule has 1 aromatic carbocycles. The average Bonchev–Trinajstić information content (AvgIpc) is 2.39. The lowest BCUT2D eigenvalue weighted by molar-refractivity contribution is -0.143. The Labute approximate surface area is 117 Å². The summed E-state index contributed by atoms with van der Waals surface area (Å²) >= 11 is 5.94. The number of likely N-dealkylation sites (N-methyl/N-ethyl adjacent to an activating group) is 1. The van der Waals surface area contributed by atoms with Gasteiger partial charge in [0.25, 0.3) is 0 Å². The fourth-order valence-electron chi connectivity index (χ4n) is 1.52. The summed E-state index contributed by atoms with van der Waals surface area (Å²) in [6.07, 6.45) is 0. The molecule has 0 aliphatic rings. The van der Waals surface area contributed by atoms with Crippen LogP contribution in [0.5, 0.6) is 0 Å². The Kier molecular flexibility index (Phi) is 5.79. The first-order valence-corrected chi connectivity index (χ1v) is 6.34. The van der Waals surface area contributed by atoms with Crippen LogP contribution < -0.4 is 5.32 Å². The van der Waals surface area contributed by atoms with Crippen molar-refractivity contribution < 1.29 is 14.7 Å². The van der Waals surface area contributed by atoms with Crippen molar-refractivity contribution in [1.82, 2.24) is 4.90 Å². The van der Waals surface area contributed by atoms with Gasteiger partial charge in [-0.05, 0) is 31.5 Å². The quantitative estimate of drug-likeness (QED) is 0.822. The number of anilines is 1. The molecule has 2 N–H and O–H groups in total. The van der Waals surface area contributed by atoms with Gasteiger partial charge in [0, 0.05) is 23.8 Å². The number of amides is 2. The first-order valence-electron chi connectivity index (χ1n) is 5.96. The Morgan fingerprint density at radius 3 is 2.63 bits per heavy atom. The Morgan fingerprint density at radius 2 is 2.11 bits per heavy atom. The molecule has 104 valence electrons. The van der Waals surface area contributed by atoms with Crippen molar-refractivity contribution in [2.75, 3.05) is 25.0 Å². The second kappa shape index (κ2) is 7.11. The van der Waals surface area contributed by atoms with E-state index in [2.05, 4.69) is 5.32 Å². The minimum absolute atomic E-state index is 0.136. The topological polar surface area (TPSA) is 69.6 Å². The predicted molar refractivity (Wildman–Crippen MR) is 74.2 cm³/mol. The summed E-state index contributed by atoms with van der Waals surface area (Å²) in [5, 5.41) is 11.8. The molecule has 0 heterocycles. The van der Waals surface area contributed by atoms with E-state index in [-0.39, 0.29) is 13.2 Å². The van der Waals surface area contributed by atoms with E-state index in [0.717, 1.165) is 5.56 Å². The fraction of sp³-hybridized carbons (Fsp3) is 0.385. The Bertz CT molecular complexity index is 477. The van der Waals surface area contributed by atoms with E-state index in [1.54, 1.807) is 25.1 Å². The summed E-state index contributed by atoms with van der Waals surface area (Å²) < 4.78 is 0. The minimum Gasteiger partial charge on any atom is -0.395 e. The zero-order valence-electron chi connectivity index (χ0n) is 10.9. The molecule has 0 aliphatic heterocycles. The Hall–Kier alpha value is -1.59. The average molecular weight is 285 g/mol. The van der Waals surface area contributed by atoms with E-state index in [9.17, 15) is 9.59 Å². The number of nitrogens with one attached hydrogen (secondary N) is 1. The van der Waals surface area contributed by atoms with Crippen molar-refractivity contribution in [2.24, 2.45) is 0 Å². The van der Waals surface area contributed by atoms with Gasteiger partial charge in [-0.25, -0.2) is 0 Å². The normalized spacial score (nSPS) is 10.1. The molecule has 0 spiro atoms. The molecule has 0 fully saturated rings. The molecule has 0 atom stereocenters. The molecule has 1 aromatic rings. The van der Waals surface area contributed by atoms with Gasteiger partial charge in [-0.15, -0.1) is 0 Å². The van der Waals surface area contributed by atoms with Gasteiger partial charge >= 0.3 is 11.8 Å². The lowest BCUT2D eigenvalue weighted by atomic mass is 10.2. The highest BCUT2D eigenvalue weighted by Crippen LogP contribution is 2.19. The Morgan fingerprint density at radius 1 is 1.42 bits per heavy atom. The minimum atomic E-state index is -0.741. The SMILES string of the molecule is CCN(CCO)C(=O)C(=O)Nc1ccc(C)c(Cl)c1. The van der Waals surface area contributed by atoms with E-state index in [0.29, 0.717) is 17.3 Å². The van der Waals surface area contributed by atoms with Crippen LogP contribution in [0.3, 0.4) is 0 Å². The van der Waals surface area contributed by atoms with Crippen LogP contribution in [0.1, 0.15) is 12.5 Å². The third-order valence-corrected chi connectivity index (χ3v) is 3.07. The summed E-state index contributed by atoms with van der Waals surface area (Å²) in [4.78, 5) is 24.8. The van der Waals surface area contributed by atoms with Crippen LogP contribution in [-0.4, -0.2) is 41.5 Å². The van der Waals surface area contributed by atoms with Crippen molar-refractivity contribution in [3.05, 3.63) is 28.8 Å². The number of nitrogens with zero attached hydrogens (tertiary/aromatic N) is 1. The van der Waals surface area contributed by atoms with Crippen LogP contribution in [0.4, 0.5) is 5.69 Å². The van der Waals surface area contributed by atoms with Gasteiger partial charge in [0.1, 0.15) is 0 Å². The molecule has 0 unspecified atom stereocenters. The number of carbonyl (C=O) groups is 2. The lowest BCUT2D eigenvalue weighted by Gasteiger charge is -2.18. The van der Waals surface area contributed by atoms with E-state index in [4.69, 9.17) is 16.7 Å². The summed E-state index contributed by atoms with van der Waals surface area (Å²) in [5.41, 5.74) is 1.36. The molecule has 0 radical (unpaired) electrons. The molecule has 0 aliphatic carbocycles. The number of hydrogen-bond donors (Lipinski definition) is 2. The molecular formula is C13H17ClN2O3. The number of aryl methyl sites for hydroxylation is 1. The second-order valence-corrected chi connectivity index (χ2v) is 4.43. The number of rotatable bonds is 4. The third kappa shape index (κ3) is 4.22. The van der Waals surface area contributed by atoms with Crippen molar-refractivity contribution in [3.63, 3.8) is 0 Å². The molecule has 0 bridgehead atoms. The number of aliphatic hydroxyl groups is 1. The maximum absolute atomic E-state index is 11.8. The first-order chi connectivity index (χ1) is 8.99. The fourth-order valence-corrected chi connectivity index (χ4v) is 1.70. The largest absolute Gasteiger partial charge is 0.395 e. The molecule has 19 heavy (non-hydrogen) atoms. The van der Waals surface area contributed by atoms with Crippen LogP contribution in [0, 0.1) is 6.92 Å². The summed E-state index contributed by atoms with van der Waals surface area (Å²) in [6, 6.07) is 5.02. The van der Waals surface area contributed by atoms with Gasteiger partial charge in [-0.1, -0.05) is 17.7 Å². The molecule has 2 amide bonds.